The van der Waals surface area contributed by atoms with E-state index in [1.165, 1.54) is 12.8 Å². The van der Waals surface area contributed by atoms with Crippen molar-refractivity contribution in [1.29, 1.82) is 0 Å². The lowest BCUT2D eigenvalue weighted by molar-refractivity contribution is -0.162. The van der Waals surface area contributed by atoms with E-state index in [-0.39, 0.29) is 6.29 Å². The fourth-order valence-corrected chi connectivity index (χ4v) is 1.44. The highest BCUT2D eigenvalue weighted by Gasteiger charge is 2.16. The lowest BCUT2D eigenvalue weighted by Gasteiger charge is -2.25. The van der Waals surface area contributed by atoms with Gasteiger partial charge in [-0.1, -0.05) is 26.7 Å². The molecule has 1 atom stereocenters. The molecular weight excluding hydrogens is 152 g/mol. The van der Waals surface area contributed by atoms with Crippen LogP contribution in [0, 0.1) is 12.3 Å². The fraction of sp³-hybridized carbons (Fsp3) is 0.900. The second kappa shape index (κ2) is 5.55. The topological polar surface area (TPSA) is 18.5 Å². The van der Waals surface area contributed by atoms with Gasteiger partial charge in [0.1, 0.15) is 0 Å². The highest BCUT2D eigenvalue weighted by molar-refractivity contribution is 4.77. The molecule has 1 radical (unpaired) electrons. The van der Waals surface area contributed by atoms with Crippen LogP contribution < -0.4 is 0 Å². The summed E-state index contributed by atoms with van der Waals surface area (Å²) in [4.78, 5) is 0. The quantitative estimate of drug-likeness (QED) is 0.646. The van der Waals surface area contributed by atoms with Crippen molar-refractivity contribution in [2.24, 2.45) is 5.92 Å². The Balaban J connectivity index is 2.11. The van der Waals surface area contributed by atoms with Crippen molar-refractivity contribution in [3.05, 3.63) is 6.42 Å². The minimum atomic E-state index is -0.0414. The molecule has 1 heterocycles. The SMILES string of the molecule is CCCC(C)[CH]C1OCCCO1. The Morgan fingerprint density at radius 1 is 1.42 bits per heavy atom. The van der Waals surface area contributed by atoms with Crippen LogP contribution in [0.4, 0.5) is 0 Å². The van der Waals surface area contributed by atoms with Crippen LogP contribution in [-0.4, -0.2) is 19.5 Å². The normalized spacial score (nSPS) is 22.5. The molecular formula is C10H19O2. The van der Waals surface area contributed by atoms with E-state index in [4.69, 9.17) is 9.47 Å². The van der Waals surface area contributed by atoms with Gasteiger partial charge in [-0.2, -0.15) is 0 Å². The van der Waals surface area contributed by atoms with Crippen LogP contribution >= 0.6 is 0 Å². The van der Waals surface area contributed by atoms with Crippen molar-refractivity contribution in [1.82, 2.24) is 0 Å². The van der Waals surface area contributed by atoms with Crippen LogP contribution in [0.1, 0.15) is 33.1 Å². The van der Waals surface area contributed by atoms with Gasteiger partial charge in [0.2, 0.25) is 0 Å². The maximum Gasteiger partial charge on any atom is 0.161 e. The van der Waals surface area contributed by atoms with Gasteiger partial charge >= 0.3 is 0 Å². The molecule has 1 unspecified atom stereocenters. The Hall–Kier alpha value is -0.0800. The third-order valence-corrected chi connectivity index (χ3v) is 2.08. The van der Waals surface area contributed by atoms with E-state index in [9.17, 15) is 0 Å². The van der Waals surface area contributed by atoms with Crippen LogP contribution in [0.25, 0.3) is 0 Å². The average Bonchev–Trinajstić information content (AvgIpc) is 2.06. The zero-order valence-corrected chi connectivity index (χ0v) is 8.08. The Morgan fingerprint density at radius 2 is 2.08 bits per heavy atom. The Labute approximate surface area is 75.2 Å². The molecule has 1 fully saturated rings. The summed E-state index contributed by atoms with van der Waals surface area (Å²) >= 11 is 0. The first-order valence-corrected chi connectivity index (χ1v) is 4.91. The van der Waals surface area contributed by atoms with Gasteiger partial charge in [0.15, 0.2) is 6.29 Å². The summed E-state index contributed by atoms with van der Waals surface area (Å²) in [7, 11) is 0. The van der Waals surface area contributed by atoms with Crippen molar-refractivity contribution in [3.8, 4) is 0 Å². The number of hydrogen-bond donors (Lipinski definition) is 0. The van der Waals surface area contributed by atoms with Crippen LogP contribution in [0.5, 0.6) is 0 Å². The molecule has 0 aromatic heterocycles. The summed E-state index contributed by atoms with van der Waals surface area (Å²) in [5.41, 5.74) is 0. The third kappa shape index (κ3) is 3.55. The summed E-state index contributed by atoms with van der Waals surface area (Å²) < 4.78 is 10.8. The van der Waals surface area contributed by atoms with E-state index < -0.39 is 0 Å². The molecule has 0 saturated carbocycles. The molecule has 71 valence electrons. The molecule has 0 aromatic carbocycles. The molecule has 12 heavy (non-hydrogen) atoms. The largest absolute Gasteiger partial charge is 0.352 e. The van der Waals surface area contributed by atoms with Crippen molar-refractivity contribution < 1.29 is 9.47 Å². The highest BCUT2D eigenvalue weighted by Crippen LogP contribution is 2.16. The first-order valence-electron chi connectivity index (χ1n) is 4.91. The molecule has 2 heteroatoms. The van der Waals surface area contributed by atoms with E-state index in [0.29, 0.717) is 5.92 Å². The molecule has 1 aliphatic rings. The first kappa shape index (κ1) is 10.0. The van der Waals surface area contributed by atoms with Gasteiger partial charge in [-0.15, -0.1) is 0 Å². The van der Waals surface area contributed by atoms with E-state index in [0.717, 1.165) is 19.6 Å². The van der Waals surface area contributed by atoms with E-state index >= 15 is 0 Å². The Morgan fingerprint density at radius 3 is 2.67 bits per heavy atom. The van der Waals surface area contributed by atoms with Crippen molar-refractivity contribution in [2.45, 2.75) is 39.4 Å². The third-order valence-electron chi connectivity index (χ3n) is 2.08. The molecule has 0 aliphatic carbocycles. The predicted molar refractivity (Wildman–Crippen MR) is 48.7 cm³/mol. The smallest absolute Gasteiger partial charge is 0.161 e. The standard InChI is InChI=1S/C10H19O2/c1-3-5-9(2)8-10-11-6-4-7-12-10/h8-10H,3-7H2,1-2H3. The minimum absolute atomic E-state index is 0.0414. The Bertz CT molecular complexity index is 108. The Kier molecular flexibility index (Phi) is 4.62. The van der Waals surface area contributed by atoms with Crippen LogP contribution in [0.15, 0.2) is 0 Å². The number of ether oxygens (including phenoxy) is 2. The van der Waals surface area contributed by atoms with E-state index in [1.807, 2.05) is 0 Å². The molecule has 0 amide bonds. The maximum atomic E-state index is 5.42. The van der Waals surface area contributed by atoms with Gasteiger partial charge in [-0.3, -0.25) is 0 Å². The lowest BCUT2D eigenvalue weighted by Crippen LogP contribution is -2.27. The summed E-state index contributed by atoms with van der Waals surface area (Å²) in [6.45, 7) is 6.11. The van der Waals surface area contributed by atoms with Gasteiger partial charge in [-0.05, 0) is 12.3 Å². The molecule has 1 rings (SSSR count). The average molecular weight is 171 g/mol. The molecule has 1 saturated heterocycles. The fourth-order valence-electron chi connectivity index (χ4n) is 1.44. The molecule has 0 aromatic rings. The summed E-state index contributed by atoms with van der Waals surface area (Å²) in [5, 5.41) is 0. The monoisotopic (exact) mass is 171 g/mol. The predicted octanol–water partition coefficient (Wildman–Crippen LogP) is 2.39. The zero-order chi connectivity index (χ0) is 8.81. The second-order valence-corrected chi connectivity index (χ2v) is 3.42. The second-order valence-electron chi connectivity index (χ2n) is 3.42. The maximum absolute atomic E-state index is 5.42. The minimum Gasteiger partial charge on any atom is -0.352 e. The van der Waals surface area contributed by atoms with Gasteiger partial charge in [-0.25, -0.2) is 0 Å². The van der Waals surface area contributed by atoms with Gasteiger partial charge in [0.25, 0.3) is 0 Å². The van der Waals surface area contributed by atoms with Crippen LogP contribution in [-0.2, 0) is 9.47 Å². The highest BCUT2D eigenvalue weighted by atomic mass is 16.7. The summed E-state index contributed by atoms with van der Waals surface area (Å²) in [6.07, 6.45) is 5.61. The molecule has 0 bridgehead atoms. The number of rotatable bonds is 4. The van der Waals surface area contributed by atoms with Gasteiger partial charge in [0, 0.05) is 6.42 Å². The lowest BCUT2D eigenvalue weighted by atomic mass is 10.0. The van der Waals surface area contributed by atoms with Crippen molar-refractivity contribution in [3.63, 3.8) is 0 Å². The van der Waals surface area contributed by atoms with Crippen molar-refractivity contribution >= 4 is 0 Å². The summed E-state index contributed by atoms with van der Waals surface area (Å²) in [5.74, 6) is 0.609. The van der Waals surface area contributed by atoms with Crippen LogP contribution in [0.2, 0.25) is 0 Å². The summed E-state index contributed by atoms with van der Waals surface area (Å²) in [6, 6.07) is 0. The van der Waals surface area contributed by atoms with Gasteiger partial charge in [0.05, 0.1) is 13.2 Å². The molecule has 1 aliphatic heterocycles. The van der Waals surface area contributed by atoms with Gasteiger partial charge < -0.3 is 9.47 Å². The molecule has 0 N–H and O–H groups in total. The van der Waals surface area contributed by atoms with Crippen LogP contribution in [0.3, 0.4) is 0 Å². The first-order chi connectivity index (χ1) is 5.83. The molecule has 2 nitrogen and oxygen atoms in total. The van der Waals surface area contributed by atoms with E-state index in [1.54, 1.807) is 0 Å². The van der Waals surface area contributed by atoms with Crippen molar-refractivity contribution in [2.75, 3.05) is 13.2 Å². The zero-order valence-electron chi connectivity index (χ0n) is 8.08. The number of hydrogen-bond acceptors (Lipinski definition) is 2. The molecule has 0 spiro atoms. The van der Waals surface area contributed by atoms with E-state index in [2.05, 4.69) is 20.3 Å².